The first-order valence-corrected chi connectivity index (χ1v) is 7.92. The molecule has 0 radical (unpaired) electrons. The van der Waals surface area contributed by atoms with Crippen LogP contribution in [0, 0.1) is 0 Å². The van der Waals surface area contributed by atoms with E-state index in [-0.39, 0.29) is 0 Å². The van der Waals surface area contributed by atoms with E-state index >= 15 is 0 Å². The molecule has 4 nitrogen and oxygen atoms in total. The largest absolute Gasteiger partial charge is 0.486 e. The topological polar surface area (TPSA) is 47.9 Å². The summed E-state index contributed by atoms with van der Waals surface area (Å²) in [5, 5.41) is 10.4. The molecule has 20 heavy (non-hydrogen) atoms. The summed E-state index contributed by atoms with van der Waals surface area (Å²) in [4.78, 5) is 0. The number of hydrogen-bond acceptors (Lipinski definition) is 4. The molecule has 0 amide bonds. The van der Waals surface area contributed by atoms with Crippen LogP contribution in [-0.4, -0.2) is 31.0 Å². The van der Waals surface area contributed by atoms with Gasteiger partial charge in [0.2, 0.25) is 0 Å². The van der Waals surface area contributed by atoms with Crippen molar-refractivity contribution < 1.29 is 19.3 Å². The fourth-order valence-electron chi connectivity index (χ4n) is 2.71. The van der Waals surface area contributed by atoms with E-state index in [0.717, 1.165) is 41.7 Å². The molecule has 2 heterocycles. The number of hydrogen-bond donors (Lipinski definition) is 1. The van der Waals surface area contributed by atoms with Crippen molar-refractivity contribution in [3.8, 4) is 11.5 Å². The van der Waals surface area contributed by atoms with Crippen molar-refractivity contribution in [1.82, 2.24) is 0 Å². The highest BCUT2D eigenvalue weighted by Gasteiger charge is 2.21. The van der Waals surface area contributed by atoms with E-state index in [1.807, 2.05) is 12.1 Å². The summed E-state index contributed by atoms with van der Waals surface area (Å²) in [6.45, 7) is 1.98. The number of rotatable bonds is 4. The van der Waals surface area contributed by atoms with Gasteiger partial charge in [-0.2, -0.15) is 0 Å². The first-order valence-electron chi connectivity index (χ1n) is 7.13. The summed E-state index contributed by atoms with van der Waals surface area (Å²) in [5.41, 5.74) is 0.854. The van der Waals surface area contributed by atoms with E-state index in [9.17, 15) is 5.11 Å². The summed E-state index contributed by atoms with van der Waals surface area (Å²) in [5.74, 6) is 1.45. The maximum absolute atomic E-state index is 10.4. The van der Waals surface area contributed by atoms with Gasteiger partial charge in [-0.25, -0.2) is 0 Å². The molecule has 1 saturated heterocycles. The number of aliphatic hydroxyl groups is 1. The second kappa shape index (κ2) is 6.33. The van der Waals surface area contributed by atoms with Crippen LogP contribution in [0.1, 0.15) is 37.4 Å². The summed E-state index contributed by atoms with van der Waals surface area (Å²) in [6, 6.07) is 3.75. The van der Waals surface area contributed by atoms with Gasteiger partial charge in [-0.05, 0) is 43.4 Å². The molecule has 1 aromatic carbocycles. The number of halogens is 1. The van der Waals surface area contributed by atoms with Crippen molar-refractivity contribution in [2.45, 2.75) is 37.9 Å². The van der Waals surface area contributed by atoms with Gasteiger partial charge >= 0.3 is 0 Å². The molecule has 1 fully saturated rings. The Kier molecular flexibility index (Phi) is 4.48. The summed E-state index contributed by atoms with van der Waals surface area (Å²) < 4.78 is 17.5. The van der Waals surface area contributed by atoms with Crippen LogP contribution in [0.2, 0.25) is 0 Å². The quantitative estimate of drug-likeness (QED) is 0.912. The highest BCUT2D eigenvalue weighted by molar-refractivity contribution is 9.10. The molecule has 0 spiro atoms. The summed E-state index contributed by atoms with van der Waals surface area (Å²) in [6.07, 6.45) is 3.62. The lowest BCUT2D eigenvalue weighted by atomic mass is 10.0. The highest BCUT2D eigenvalue weighted by atomic mass is 79.9. The monoisotopic (exact) mass is 342 g/mol. The zero-order valence-corrected chi connectivity index (χ0v) is 12.9. The maximum atomic E-state index is 10.4. The zero-order chi connectivity index (χ0) is 13.9. The van der Waals surface area contributed by atoms with Crippen molar-refractivity contribution >= 4 is 15.9 Å². The molecule has 2 aliphatic heterocycles. The molecule has 0 aromatic heterocycles. The maximum Gasteiger partial charge on any atom is 0.162 e. The van der Waals surface area contributed by atoms with Gasteiger partial charge in [0.25, 0.3) is 0 Å². The van der Waals surface area contributed by atoms with Gasteiger partial charge in [-0.3, -0.25) is 0 Å². The second-order valence-electron chi connectivity index (χ2n) is 5.25. The average Bonchev–Trinajstić information content (AvgIpc) is 2.97. The van der Waals surface area contributed by atoms with Crippen LogP contribution in [0.25, 0.3) is 0 Å². The lowest BCUT2D eigenvalue weighted by Gasteiger charge is -2.22. The van der Waals surface area contributed by atoms with Gasteiger partial charge in [-0.1, -0.05) is 15.9 Å². The average molecular weight is 343 g/mol. The van der Waals surface area contributed by atoms with Crippen LogP contribution < -0.4 is 9.47 Å². The third-order valence-corrected chi connectivity index (χ3v) is 4.49. The zero-order valence-electron chi connectivity index (χ0n) is 11.3. The molecule has 1 N–H and O–H groups in total. The number of benzene rings is 1. The van der Waals surface area contributed by atoms with Gasteiger partial charge in [0.05, 0.1) is 12.2 Å². The molecule has 110 valence electrons. The third-order valence-electron chi connectivity index (χ3n) is 3.81. The smallest absolute Gasteiger partial charge is 0.162 e. The number of aliphatic hydroxyl groups excluding tert-OH is 1. The van der Waals surface area contributed by atoms with Crippen molar-refractivity contribution in [2.75, 3.05) is 19.8 Å². The van der Waals surface area contributed by atoms with Crippen LogP contribution >= 0.6 is 15.9 Å². The fourth-order valence-corrected chi connectivity index (χ4v) is 3.29. The number of ether oxygens (including phenoxy) is 3. The van der Waals surface area contributed by atoms with Gasteiger partial charge in [0, 0.05) is 11.1 Å². The molecule has 5 heteroatoms. The van der Waals surface area contributed by atoms with E-state index in [2.05, 4.69) is 15.9 Å². The molecule has 0 bridgehead atoms. The van der Waals surface area contributed by atoms with E-state index < -0.39 is 6.10 Å². The van der Waals surface area contributed by atoms with Crippen molar-refractivity contribution in [2.24, 2.45) is 0 Å². The van der Waals surface area contributed by atoms with Crippen LogP contribution in [-0.2, 0) is 4.74 Å². The van der Waals surface area contributed by atoms with Crippen LogP contribution in [0.15, 0.2) is 16.6 Å². The Morgan fingerprint density at radius 3 is 2.65 bits per heavy atom. The minimum atomic E-state index is -0.510. The SMILES string of the molecule is OC(CCC1CCCO1)c1cc2c(cc1Br)OCCO2. The Morgan fingerprint density at radius 1 is 1.20 bits per heavy atom. The van der Waals surface area contributed by atoms with Crippen molar-refractivity contribution in [1.29, 1.82) is 0 Å². The fraction of sp³-hybridized carbons (Fsp3) is 0.600. The van der Waals surface area contributed by atoms with Gasteiger partial charge in [0.15, 0.2) is 11.5 Å². The molecule has 0 aliphatic carbocycles. The predicted molar refractivity (Wildman–Crippen MR) is 78.3 cm³/mol. The minimum absolute atomic E-state index is 0.306. The highest BCUT2D eigenvalue weighted by Crippen LogP contribution is 2.39. The standard InChI is InChI=1S/C15H19BrO4/c16-12-9-15-14(19-6-7-20-15)8-11(12)13(17)4-3-10-2-1-5-18-10/h8-10,13,17H,1-7H2. The second-order valence-corrected chi connectivity index (χ2v) is 6.10. The van der Waals surface area contributed by atoms with Gasteiger partial charge < -0.3 is 19.3 Å². The third kappa shape index (κ3) is 3.10. The Hall–Kier alpha value is -0.780. The molecular weight excluding hydrogens is 324 g/mol. The van der Waals surface area contributed by atoms with Crippen LogP contribution in [0.5, 0.6) is 11.5 Å². The van der Waals surface area contributed by atoms with E-state index in [1.54, 1.807) is 0 Å². The molecule has 3 rings (SSSR count). The summed E-state index contributed by atoms with van der Waals surface area (Å²) in [7, 11) is 0. The first-order chi connectivity index (χ1) is 9.74. The van der Waals surface area contributed by atoms with Crippen molar-refractivity contribution in [3.05, 3.63) is 22.2 Å². The number of fused-ring (bicyclic) bond motifs is 1. The predicted octanol–water partition coefficient (Wildman–Crippen LogP) is 3.21. The lowest BCUT2D eigenvalue weighted by Crippen LogP contribution is -2.16. The van der Waals surface area contributed by atoms with Crippen LogP contribution in [0.4, 0.5) is 0 Å². The van der Waals surface area contributed by atoms with E-state index in [1.165, 1.54) is 0 Å². The van der Waals surface area contributed by atoms with Crippen LogP contribution in [0.3, 0.4) is 0 Å². The lowest BCUT2D eigenvalue weighted by molar-refractivity contribution is 0.0808. The molecule has 1 aromatic rings. The molecule has 2 unspecified atom stereocenters. The molecule has 0 saturated carbocycles. The van der Waals surface area contributed by atoms with Gasteiger partial charge in [-0.15, -0.1) is 0 Å². The molecule has 2 atom stereocenters. The Labute approximate surface area is 127 Å². The van der Waals surface area contributed by atoms with E-state index in [4.69, 9.17) is 14.2 Å². The van der Waals surface area contributed by atoms with E-state index in [0.29, 0.717) is 31.5 Å². The Morgan fingerprint density at radius 2 is 1.95 bits per heavy atom. The molecule has 2 aliphatic rings. The van der Waals surface area contributed by atoms with Gasteiger partial charge in [0.1, 0.15) is 13.2 Å². The Bertz CT molecular complexity index is 471. The molecular formula is C15H19BrO4. The summed E-state index contributed by atoms with van der Waals surface area (Å²) >= 11 is 3.50. The first kappa shape index (κ1) is 14.2. The van der Waals surface area contributed by atoms with Crippen molar-refractivity contribution in [3.63, 3.8) is 0 Å². The Balaban J connectivity index is 1.68. The normalized spacial score (nSPS) is 22.8. The minimum Gasteiger partial charge on any atom is -0.486 e.